The number of Topliss-reactive ketones (excluding diaryl/α,β-unsaturated/α-hetero) is 1. The monoisotopic (exact) mass is 887 g/mol. The fourth-order valence-electron chi connectivity index (χ4n) is 7.30. The van der Waals surface area contributed by atoms with E-state index in [1.54, 1.807) is 19.9 Å². The molecule has 2 N–H and O–H groups in total. The Hall–Kier alpha value is -5.68. The Balaban J connectivity index is 0.000000301. The predicted octanol–water partition coefficient (Wildman–Crippen LogP) is 10.9. The highest BCUT2D eigenvalue weighted by atomic mass is 35.5. The molecule has 2 aliphatic heterocycles. The number of rotatable bonds is 10. The largest absolute Gasteiger partial charge is 0.398 e. The van der Waals surface area contributed by atoms with Crippen molar-refractivity contribution in [1.29, 1.82) is 10.5 Å². The molecule has 0 aliphatic carbocycles. The highest BCUT2D eigenvalue weighted by Gasteiger charge is 2.26. The molecule has 11 heteroatoms. The number of ketones is 1. The molecule has 2 amide bonds. The average Bonchev–Trinajstić information content (AvgIpc) is 3.28. The third-order valence-corrected chi connectivity index (χ3v) is 12.3. The number of halogens is 1. The van der Waals surface area contributed by atoms with Crippen LogP contribution in [0.15, 0.2) is 84.9 Å². The summed E-state index contributed by atoms with van der Waals surface area (Å²) in [6.45, 7) is 14.2. The third-order valence-electron chi connectivity index (χ3n) is 11.6. The van der Waals surface area contributed by atoms with Crippen LogP contribution < -0.4 is 5.73 Å². The second-order valence-corrected chi connectivity index (χ2v) is 17.7. The summed E-state index contributed by atoms with van der Waals surface area (Å²) >= 11 is 10.4. The van der Waals surface area contributed by atoms with Crippen molar-refractivity contribution in [1.82, 2.24) is 9.80 Å². The van der Waals surface area contributed by atoms with Gasteiger partial charge in [-0.05, 0) is 139 Å². The molecule has 0 saturated carbocycles. The molecule has 0 radical (unpaired) electrons. The van der Waals surface area contributed by atoms with Crippen LogP contribution in [0.4, 0.5) is 5.69 Å². The van der Waals surface area contributed by atoms with Gasteiger partial charge in [-0.3, -0.25) is 19.2 Å². The minimum Gasteiger partial charge on any atom is -0.398 e. The molecule has 332 valence electrons. The van der Waals surface area contributed by atoms with Crippen LogP contribution in [0.25, 0.3) is 0 Å². The van der Waals surface area contributed by atoms with Gasteiger partial charge in [-0.2, -0.15) is 10.5 Å². The van der Waals surface area contributed by atoms with E-state index in [2.05, 4.69) is 12.1 Å². The lowest BCUT2D eigenvalue weighted by molar-refractivity contribution is -0.120. The van der Waals surface area contributed by atoms with E-state index >= 15 is 0 Å². The maximum Gasteiger partial charge on any atom is 0.253 e. The molecule has 0 spiro atoms. The van der Waals surface area contributed by atoms with Crippen molar-refractivity contribution in [3.05, 3.63) is 135 Å². The van der Waals surface area contributed by atoms with Gasteiger partial charge in [-0.25, -0.2) is 0 Å². The van der Waals surface area contributed by atoms with Crippen molar-refractivity contribution in [3.63, 3.8) is 0 Å². The van der Waals surface area contributed by atoms with Crippen molar-refractivity contribution in [2.45, 2.75) is 99.3 Å². The first kappa shape index (κ1) is 51.7. The minimum atomic E-state index is -0.269. The molecule has 0 atom stereocenters. The third kappa shape index (κ3) is 15.3. The molecule has 6 rings (SSSR count). The summed E-state index contributed by atoms with van der Waals surface area (Å²) in [5, 5.41) is 17.6. The number of carbonyl (C=O) groups excluding carboxylic acids is 4. The number of nitrogens with zero attached hydrogens (tertiary/aromatic N) is 4. The number of likely N-dealkylation sites (tertiary alicyclic amines) is 2. The number of anilines is 1. The zero-order valence-corrected chi connectivity index (χ0v) is 38.3. The molecule has 63 heavy (non-hydrogen) atoms. The van der Waals surface area contributed by atoms with Crippen LogP contribution >= 0.6 is 23.8 Å². The first-order chi connectivity index (χ1) is 29.5. The lowest BCUT2D eigenvalue weighted by atomic mass is 9.88. The molecule has 4 aromatic carbocycles. The van der Waals surface area contributed by atoms with E-state index < -0.39 is 0 Å². The summed E-state index contributed by atoms with van der Waals surface area (Å²) in [7, 11) is 0. The minimum absolute atomic E-state index is 0. The van der Waals surface area contributed by atoms with Crippen LogP contribution in [0.3, 0.4) is 0 Å². The predicted molar refractivity (Wildman–Crippen MR) is 258 cm³/mol. The van der Waals surface area contributed by atoms with Gasteiger partial charge in [0, 0.05) is 72.5 Å². The fourth-order valence-corrected chi connectivity index (χ4v) is 7.60. The van der Waals surface area contributed by atoms with Crippen LogP contribution in [-0.4, -0.2) is 63.7 Å². The number of amides is 2. The van der Waals surface area contributed by atoms with E-state index in [-0.39, 0.29) is 42.1 Å². The SMILES string of the molecule is C.CC(C)C(=O)Cl.Cc1ccc(C(=O)N2CCC(c3ccc(C#N)cc3)CC2)cc1CC(=S)CC(=O)C(C)C.Cc1ccc(C(=O)N2CCC(c3ccc(C#N)cc3)CC2)cc1N. The Kier molecular flexibility index (Phi) is 20.4. The fraction of sp³-hybridized carbons (Fsp3) is 0.404. The molecule has 4 aromatic rings. The summed E-state index contributed by atoms with van der Waals surface area (Å²) in [6.07, 6.45) is 4.57. The standard InChI is InChI=1S/C27H30N2O2S.C20H21N3O.C4H7ClO.CH4/c1-18(2)26(30)16-25(32)15-24-14-23(7-4-19(24)3)27(31)29-12-10-22(11-13-29)21-8-5-20(17-28)6-9-21;1-14-2-5-18(12-19(14)22)20(24)23-10-8-17(9-11-23)16-6-3-15(13-21)4-7-16;1-3(2)4(5)6;/h4-9,14,18,22H,10-13,15-16H2,1-3H3;2-7,12,17H,8-11,22H2,1H3;3H,1-2H3;1H4. The van der Waals surface area contributed by atoms with Crippen molar-refractivity contribution in [2.24, 2.45) is 11.8 Å². The maximum absolute atomic E-state index is 13.1. The quantitative estimate of drug-likeness (QED) is 0.0940. The van der Waals surface area contributed by atoms with Gasteiger partial charge >= 0.3 is 0 Å². The number of nitrogens with two attached hydrogens (primary N) is 1. The second kappa shape index (κ2) is 24.8. The summed E-state index contributed by atoms with van der Waals surface area (Å²) in [6, 6.07) is 31.2. The van der Waals surface area contributed by atoms with E-state index in [0.29, 0.717) is 65.7 Å². The molecule has 2 fully saturated rings. The number of hydrogen-bond donors (Lipinski definition) is 1. The number of thiocarbonyl (C=S) groups is 1. The van der Waals surface area contributed by atoms with Crippen molar-refractivity contribution < 1.29 is 19.2 Å². The molecular formula is C52H62ClN5O4S. The molecular weight excluding hydrogens is 826 g/mol. The highest BCUT2D eigenvalue weighted by molar-refractivity contribution is 7.80. The number of benzene rings is 4. The summed E-state index contributed by atoms with van der Waals surface area (Å²) in [5.41, 5.74) is 14.9. The van der Waals surface area contributed by atoms with Crippen molar-refractivity contribution in [3.8, 4) is 12.1 Å². The molecule has 0 aromatic heterocycles. The van der Waals surface area contributed by atoms with E-state index in [0.717, 1.165) is 60.3 Å². The van der Waals surface area contributed by atoms with Crippen LogP contribution in [0.1, 0.15) is 139 Å². The van der Waals surface area contributed by atoms with Gasteiger partial charge in [0.25, 0.3) is 11.8 Å². The lowest BCUT2D eigenvalue weighted by Crippen LogP contribution is -2.38. The normalized spacial score (nSPS) is 13.9. The van der Waals surface area contributed by atoms with Gasteiger partial charge in [-0.15, -0.1) is 0 Å². The Morgan fingerprint density at radius 2 is 1.08 bits per heavy atom. The average molecular weight is 889 g/mol. The first-order valence-electron chi connectivity index (χ1n) is 21.3. The first-order valence-corrected chi connectivity index (χ1v) is 22.1. The van der Waals surface area contributed by atoms with Crippen molar-refractivity contribution >= 4 is 57.2 Å². The smallest absolute Gasteiger partial charge is 0.253 e. The van der Waals surface area contributed by atoms with E-state index in [4.69, 9.17) is 40.1 Å². The molecule has 2 aliphatic rings. The number of piperidine rings is 2. The van der Waals surface area contributed by atoms with Gasteiger partial charge in [0.1, 0.15) is 5.78 Å². The summed E-state index contributed by atoms with van der Waals surface area (Å²) < 4.78 is 0. The Morgan fingerprint density at radius 3 is 1.44 bits per heavy atom. The maximum atomic E-state index is 13.1. The summed E-state index contributed by atoms with van der Waals surface area (Å²) in [4.78, 5) is 52.2. The number of aryl methyl sites for hydroxylation is 2. The van der Waals surface area contributed by atoms with Crippen LogP contribution in [0.2, 0.25) is 0 Å². The Labute approximate surface area is 385 Å². The van der Waals surface area contributed by atoms with Gasteiger partial charge in [0.15, 0.2) is 0 Å². The topological polar surface area (TPSA) is 148 Å². The van der Waals surface area contributed by atoms with Gasteiger partial charge in [0.2, 0.25) is 5.24 Å². The van der Waals surface area contributed by atoms with E-state index in [1.165, 1.54) is 11.1 Å². The van der Waals surface area contributed by atoms with E-state index in [9.17, 15) is 19.2 Å². The highest BCUT2D eigenvalue weighted by Crippen LogP contribution is 2.31. The molecule has 0 unspecified atom stereocenters. The number of hydrogen-bond acceptors (Lipinski definition) is 8. The lowest BCUT2D eigenvalue weighted by Gasteiger charge is -2.32. The summed E-state index contributed by atoms with van der Waals surface area (Å²) in [5.74, 6) is 1.08. The second-order valence-electron chi connectivity index (χ2n) is 16.8. The van der Waals surface area contributed by atoms with Crippen LogP contribution in [0.5, 0.6) is 0 Å². The number of carbonyl (C=O) groups is 4. The zero-order chi connectivity index (χ0) is 45.5. The van der Waals surface area contributed by atoms with Crippen LogP contribution in [0, 0.1) is 48.3 Å². The molecule has 2 saturated heterocycles. The Bertz CT molecular complexity index is 2290. The molecule has 2 heterocycles. The Morgan fingerprint density at radius 1 is 0.683 bits per heavy atom. The van der Waals surface area contributed by atoms with E-state index in [1.807, 2.05) is 116 Å². The zero-order valence-electron chi connectivity index (χ0n) is 36.7. The number of nitriles is 2. The molecule has 0 bridgehead atoms. The van der Waals surface area contributed by atoms with Gasteiger partial charge < -0.3 is 15.5 Å². The van der Waals surface area contributed by atoms with Crippen LogP contribution in [-0.2, 0) is 16.0 Å². The van der Waals surface area contributed by atoms with Gasteiger partial charge in [-0.1, -0.05) is 83.7 Å². The van der Waals surface area contributed by atoms with Gasteiger partial charge in [0.05, 0.1) is 23.3 Å². The number of nitrogen functional groups attached to an aromatic ring is 1. The van der Waals surface area contributed by atoms with Crippen molar-refractivity contribution in [2.75, 3.05) is 31.9 Å². The molecule has 9 nitrogen and oxygen atoms in total.